The van der Waals surface area contributed by atoms with Crippen LogP contribution in [0.2, 0.25) is 0 Å². The van der Waals surface area contributed by atoms with E-state index in [0.717, 1.165) is 53.4 Å². The number of carbonyl (C=O) groups is 1. The molecule has 1 aromatic heterocycles. The van der Waals surface area contributed by atoms with Crippen LogP contribution in [0.25, 0.3) is 10.2 Å². The van der Waals surface area contributed by atoms with E-state index in [9.17, 15) is 4.79 Å². The van der Waals surface area contributed by atoms with Crippen molar-refractivity contribution < 1.29 is 4.79 Å². The van der Waals surface area contributed by atoms with E-state index < -0.39 is 0 Å². The number of allylic oxidation sites excluding steroid dienone is 2. The molecule has 1 amide bonds. The van der Waals surface area contributed by atoms with Gasteiger partial charge in [0.25, 0.3) is 0 Å². The van der Waals surface area contributed by atoms with E-state index in [1.54, 1.807) is 11.3 Å². The second-order valence-corrected chi connectivity index (χ2v) is 7.35. The molecular formula is C18H21N3OS. The van der Waals surface area contributed by atoms with Crippen molar-refractivity contribution >= 4 is 38.3 Å². The molecule has 4 rings (SSSR count). The molecule has 1 N–H and O–H groups in total. The van der Waals surface area contributed by atoms with Gasteiger partial charge >= 0.3 is 0 Å². The molecule has 0 saturated carbocycles. The number of anilines is 2. The van der Waals surface area contributed by atoms with Gasteiger partial charge in [-0.15, -0.1) is 0 Å². The van der Waals surface area contributed by atoms with E-state index in [1.807, 2.05) is 12.1 Å². The topological polar surface area (TPSA) is 45.2 Å². The minimum Gasteiger partial charge on any atom is -0.348 e. The van der Waals surface area contributed by atoms with Crippen LogP contribution in [0, 0.1) is 5.92 Å². The van der Waals surface area contributed by atoms with Crippen molar-refractivity contribution in [3.05, 3.63) is 30.4 Å². The zero-order valence-corrected chi connectivity index (χ0v) is 13.9. The number of aromatic nitrogens is 1. The third kappa shape index (κ3) is 3.11. The summed E-state index contributed by atoms with van der Waals surface area (Å²) >= 11 is 1.72. The van der Waals surface area contributed by atoms with E-state index in [4.69, 9.17) is 4.98 Å². The van der Waals surface area contributed by atoms with Crippen molar-refractivity contribution in [3.63, 3.8) is 0 Å². The summed E-state index contributed by atoms with van der Waals surface area (Å²) in [7, 11) is 0. The van der Waals surface area contributed by atoms with E-state index in [0.29, 0.717) is 0 Å². The number of amides is 1. The van der Waals surface area contributed by atoms with Gasteiger partial charge in [-0.2, -0.15) is 0 Å². The van der Waals surface area contributed by atoms with Crippen molar-refractivity contribution in [1.82, 2.24) is 4.98 Å². The van der Waals surface area contributed by atoms with Crippen LogP contribution in [0.1, 0.15) is 32.1 Å². The van der Waals surface area contributed by atoms with Crippen LogP contribution in [0.5, 0.6) is 0 Å². The summed E-state index contributed by atoms with van der Waals surface area (Å²) in [6.45, 7) is 2.22. The molecule has 1 saturated heterocycles. The van der Waals surface area contributed by atoms with Crippen LogP contribution in [-0.2, 0) is 4.79 Å². The summed E-state index contributed by atoms with van der Waals surface area (Å²) in [5.74, 6) is 0.246. The summed E-state index contributed by atoms with van der Waals surface area (Å²) in [4.78, 5) is 19.4. The van der Waals surface area contributed by atoms with Crippen LogP contribution in [-0.4, -0.2) is 24.0 Å². The van der Waals surface area contributed by atoms with Crippen LogP contribution in [0.15, 0.2) is 30.4 Å². The molecule has 2 aromatic rings. The Bertz CT molecular complexity index is 746. The Morgan fingerprint density at radius 2 is 2.13 bits per heavy atom. The molecule has 23 heavy (non-hydrogen) atoms. The quantitative estimate of drug-likeness (QED) is 0.860. The molecule has 4 nitrogen and oxygen atoms in total. The first-order valence-corrected chi connectivity index (χ1v) is 9.23. The Morgan fingerprint density at radius 3 is 2.91 bits per heavy atom. The van der Waals surface area contributed by atoms with Crippen molar-refractivity contribution in [2.45, 2.75) is 32.1 Å². The van der Waals surface area contributed by atoms with Gasteiger partial charge in [-0.3, -0.25) is 4.79 Å². The van der Waals surface area contributed by atoms with E-state index in [2.05, 4.69) is 28.4 Å². The maximum atomic E-state index is 12.4. The van der Waals surface area contributed by atoms with Crippen LogP contribution in [0.3, 0.4) is 0 Å². The number of rotatable bonds is 3. The first kappa shape index (κ1) is 14.7. The third-order valence-corrected chi connectivity index (χ3v) is 5.74. The maximum Gasteiger partial charge on any atom is 0.227 e. The smallest absolute Gasteiger partial charge is 0.227 e. The van der Waals surface area contributed by atoms with Crippen molar-refractivity contribution in [2.24, 2.45) is 5.92 Å². The van der Waals surface area contributed by atoms with Gasteiger partial charge in [-0.25, -0.2) is 4.98 Å². The monoisotopic (exact) mass is 327 g/mol. The number of nitrogens with zero attached hydrogens (tertiary/aromatic N) is 2. The van der Waals surface area contributed by atoms with E-state index in [1.165, 1.54) is 12.8 Å². The number of hydrogen-bond donors (Lipinski definition) is 1. The van der Waals surface area contributed by atoms with Crippen LogP contribution >= 0.6 is 11.3 Å². The Hall–Kier alpha value is -1.88. The van der Waals surface area contributed by atoms with Crippen molar-refractivity contribution in [1.29, 1.82) is 0 Å². The predicted octanol–water partition coefficient (Wildman–Crippen LogP) is 4.19. The molecule has 120 valence electrons. The molecule has 1 aliphatic heterocycles. The SMILES string of the molecule is O=C(Nc1ccc2nc(N3CCCC3)sc2c1)C1CC=CCC1. The van der Waals surface area contributed by atoms with Gasteiger partial charge in [0, 0.05) is 24.7 Å². The number of benzene rings is 1. The molecule has 1 unspecified atom stereocenters. The lowest BCUT2D eigenvalue weighted by molar-refractivity contribution is -0.120. The first-order valence-electron chi connectivity index (χ1n) is 8.41. The molecule has 1 aromatic carbocycles. The fraction of sp³-hybridized carbons (Fsp3) is 0.444. The van der Waals surface area contributed by atoms with Gasteiger partial charge < -0.3 is 10.2 Å². The Morgan fingerprint density at radius 1 is 1.26 bits per heavy atom. The molecular weight excluding hydrogens is 306 g/mol. The molecule has 0 bridgehead atoms. The molecule has 2 aliphatic rings. The minimum atomic E-state index is 0.109. The fourth-order valence-electron chi connectivity index (χ4n) is 3.31. The molecule has 1 atom stereocenters. The molecule has 2 heterocycles. The average Bonchev–Trinajstić information content (AvgIpc) is 3.24. The highest BCUT2D eigenvalue weighted by molar-refractivity contribution is 7.22. The van der Waals surface area contributed by atoms with E-state index >= 15 is 0 Å². The minimum absolute atomic E-state index is 0.109. The summed E-state index contributed by atoms with van der Waals surface area (Å²) in [5.41, 5.74) is 1.91. The number of fused-ring (bicyclic) bond motifs is 1. The number of nitrogens with one attached hydrogen (secondary N) is 1. The zero-order chi connectivity index (χ0) is 15.6. The molecule has 0 radical (unpaired) electrons. The highest BCUT2D eigenvalue weighted by Crippen LogP contribution is 2.32. The zero-order valence-electron chi connectivity index (χ0n) is 13.1. The van der Waals surface area contributed by atoms with Crippen molar-refractivity contribution in [3.8, 4) is 0 Å². The molecule has 5 heteroatoms. The lowest BCUT2D eigenvalue weighted by Crippen LogP contribution is -2.23. The fourth-order valence-corrected chi connectivity index (χ4v) is 4.37. The van der Waals surface area contributed by atoms with Gasteiger partial charge in [0.05, 0.1) is 10.2 Å². The van der Waals surface area contributed by atoms with Crippen LogP contribution in [0.4, 0.5) is 10.8 Å². The summed E-state index contributed by atoms with van der Waals surface area (Å²) in [5, 5.41) is 4.18. The number of carbonyl (C=O) groups excluding carboxylic acids is 1. The Kier molecular flexibility index (Phi) is 4.04. The van der Waals surface area contributed by atoms with Gasteiger partial charge in [-0.1, -0.05) is 23.5 Å². The Balaban J connectivity index is 1.51. The number of thiazole rings is 1. The lowest BCUT2D eigenvalue weighted by atomic mass is 9.93. The first-order chi connectivity index (χ1) is 11.3. The normalized spacial score (nSPS) is 21.0. The Labute approximate surface area is 140 Å². The average molecular weight is 327 g/mol. The highest BCUT2D eigenvalue weighted by Gasteiger charge is 2.19. The largest absolute Gasteiger partial charge is 0.348 e. The molecule has 1 aliphatic carbocycles. The summed E-state index contributed by atoms with van der Waals surface area (Å²) < 4.78 is 1.15. The molecule has 1 fully saturated rings. The standard InChI is InChI=1S/C18H21N3OS/c22-17(13-6-2-1-3-7-13)19-14-8-9-15-16(12-14)23-18(20-15)21-10-4-5-11-21/h1-2,8-9,12-13H,3-7,10-11H2,(H,19,22). The van der Waals surface area contributed by atoms with Gasteiger partial charge in [-0.05, 0) is 50.3 Å². The summed E-state index contributed by atoms with van der Waals surface area (Å²) in [6.07, 6.45) is 9.60. The lowest BCUT2D eigenvalue weighted by Gasteiger charge is -2.17. The van der Waals surface area contributed by atoms with Gasteiger partial charge in [0.15, 0.2) is 5.13 Å². The predicted molar refractivity (Wildman–Crippen MR) is 96.2 cm³/mol. The number of hydrogen-bond acceptors (Lipinski definition) is 4. The van der Waals surface area contributed by atoms with Crippen LogP contribution < -0.4 is 10.2 Å². The second-order valence-electron chi connectivity index (χ2n) is 6.34. The highest BCUT2D eigenvalue weighted by atomic mass is 32.1. The van der Waals surface area contributed by atoms with E-state index in [-0.39, 0.29) is 11.8 Å². The molecule has 0 spiro atoms. The summed E-state index contributed by atoms with van der Waals surface area (Å²) in [6, 6.07) is 6.04. The second kappa shape index (κ2) is 6.32. The maximum absolute atomic E-state index is 12.4. The van der Waals surface area contributed by atoms with Gasteiger partial charge in [0.1, 0.15) is 0 Å². The van der Waals surface area contributed by atoms with Gasteiger partial charge in [0.2, 0.25) is 5.91 Å². The third-order valence-electron chi connectivity index (χ3n) is 4.66. The van der Waals surface area contributed by atoms with Crippen molar-refractivity contribution in [2.75, 3.05) is 23.3 Å².